The second-order valence-electron chi connectivity index (χ2n) is 10.9. The van der Waals surface area contributed by atoms with Gasteiger partial charge in [-0.1, -0.05) is 60.7 Å². The fraction of sp³-hybridized carbons (Fsp3) is 0. The van der Waals surface area contributed by atoms with Gasteiger partial charge in [0.15, 0.2) is 11.3 Å². The van der Waals surface area contributed by atoms with Gasteiger partial charge in [0.1, 0.15) is 0 Å². The van der Waals surface area contributed by atoms with Gasteiger partial charge in [-0.05, 0) is 60.7 Å². The normalized spacial score (nSPS) is 12.0. The average Bonchev–Trinajstić information content (AvgIpc) is 3.81. The molecule has 0 N–H and O–H groups in total. The van der Waals surface area contributed by atoms with E-state index in [4.69, 9.17) is 24.7 Å². The van der Waals surface area contributed by atoms with Crippen molar-refractivity contribution in [2.75, 3.05) is 0 Å². The molecule has 6 aromatic heterocycles. The smallest absolute Gasteiger partial charge is 0.223 e. The Morgan fingerprint density at radius 3 is 1.27 bits per heavy atom. The quantitative estimate of drug-likeness (QED) is 0.212. The number of para-hydroxylation sites is 6. The molecule has 0 amide bonds. The van der Waals surface area contributed by atoms with Crippen LogP contribution in [0.5, 0.6) is 11.8 Å². The number of ether oxygens (including phenoxy) is 1. The van der Waals surface area contributed by atoms with E-state index in [0.717, 1.165) is 67.3 Å². The van der Waals surface area contributed by atoms with Gasteiger partial charge in [0.05, 0.1) is 44.5 Å². The predicted molar refractivity (Wildman–Crippen MR) is 175 cm³/mol. The predicted octanol–water partition coefficient (Wildman–Crippen LogP) is 7.76. The number of rotatable bonds is 4. The minimum atomic E-state index is 0.435. The maximum absolute atomic E-state index is 6.39. The average molecular weight is 583 g/mol. The number of hydrogen-bond acceptors (Lipinski definition) is 5. The fourth-order valence-electron chi connectivity index (χ4n) is 6.37. The summed E-state index contributed by atoms with van der Waals surface area (Å²) in [6.07, 6.45) is 0. The van der Waals surface area contributed by atoms with Crippen LogP contribution in [0.3, 0.4) is 0 Å². The van der Waals surface area contributed by atoms with Crippen molar-refractivity contribution in [3.63, 3.8) is 0 Å². The van der Waals surface area contributed by atoms with Crippen LogP contribution in [0.15, 0.2) is 133 Å². The highest BCUT2D eigenvalue weighted by Crippen LogP contribution is 2.33. The lowest BCUT2D eigenvalue weighted by atomic mass is 10.3. The summed E-state index contributed by atoms with van der Waals surface area (Å²) in [6, 6.07) is 44.4. The molecule has 4 aromatic carbocycles. The van der Waals surface area contributed by atoms with Crippen LogP contribution in [0.25, 0.3) is 67.3 Å². The molecule has 9 nitrogen and oxygen atoms in total. The molecule has 0 aliphatic rings. The van der Waals surface area contributed by atoms with Crippen molar-refractivity contribution in [3.05, 3.63) is 133 Å². The molecule has 0 aliphatic heterocycles. The minimum absolute atomic E-state index is 0.435. The topological polar surface area (TPSA) is 79.5 Å². The van der Waals surface area contributed by atoms with Crippen LogP contribution in [0, 0.1) is 0 Å². The third kappa shape index (κ3) is 3.43. The van der Waals surface area contributed by atoms with Crippen molar-refractivity contribution in [3.8, 4) is 23.1 Å². The summed E-state index contributed by atoms with van der Waals surface area (Å²) in [4.78, 5) is 20.0. The van der Waals surface area contributed by atoms with E-state index in [0.29, 0.717) is 11.8 Å². The summed E-state index contributed by atoms with van der Waals surface area (Å²) < 4.78 is 14.8. The molecule has 0 saturated carbocycles. The number of nitrogens with zero attached hydrogens (tertiary/aromatic N) is 8. The van der Waals surface area contributed by atoms with Gasteiger partial charge >= 0.3 is 0 Å². The van der Waals surface area contributed by atoms with Crippen LogP contribution in [-0.2, 0) is 0 Å². The first-order valence-electron chi connectivity index (χ1n) is 14.7. The summed E-state index contributed by atoms with van der Waals surface area (Å²) in [5.74, 6) is 2.45. The van der Waals surface area contributed by atoms with E-state index >= 15 is 0 Å². The highest BCUT2D eigenvalue weighted by Gasteiger charge is 2.21. The van der Waals surface area contributed by atoms with Crippen LogP contribution >= 0.6 is 0 Å². The van der Waals surface area contributed by atoms with Crippen LogP contribution in [0.4, 0.5) is 0 Å². The number of hydrogen-bond donors (Lipinski definition) is 0. The van der Waals surface area contributed by atoms with Crippen LogP contribution < -0.4 is 4.74 Å². The van der Waals surface area contributed by atoms with E-state index in [2.05, 4.69) is 54.3 Å². The zero-order valence-electron chi connectivity index (χ0n) is 23.7. The largest absolute Gasteiger partial charge is 0.421 e. The van der Waals surface area contributed by atoms with Crippen LogP contribution in [0.2, 0.25) is 0 Å². The van der Waals surface area contributed by atoms with Crippen molar-refractivity contribution >= 4 is 55.9 Å². The summed E-state index contributed by atoms with van der Waals surface area (Å²) in [6.45, 7) is 0. The van der Waals surface area contributed by atoms with Gasteiger partial charge in [-0.15, -0.1) is 0 Å². The highest BCUT2D eigenvalue weighted by molar-refractivity contribution is 5.92. The lowest BCUT2D eigenvalue weighted by Crippen LogP contribution is -1.99. The molecule has 0 atom stereocenters. The van der Waals surface area contributed by atoms with E-state index in [9.17, 15) is 0 Å². The van der Waals surface area contributed by atoms with Crippen molar-refractivity contribution in [2.24, 2.45) is 0 Å². The molecule has 212 valence electrons. The second kappa shape index (κ2) is 9.01. The molecule has 45 heavy (non-hydrogen) atoms. The van der Waals surface area contributed by atoms with Gasteiger partial charge in [-0.25, -0.2) is 9.97 Å². The Kier molecular flexibility index (Phi) is 4.81. The Labute approximate surface area is 254 Å². The molecule has 0 fully saturated rings. The number of benzene rings is 4. The van der Waals surface area contributed by atoms with Gasteiger partial charge in [0, 0.05) is 12.1 Å². The molecule has 10 rings (SSSR count). The van der Waals surface area contributed by atoms with E-state index in [1.54, 1.807) is 0 Å². The molecule has 0 saturated heterocycles. The maximum atomic E-state index is 6.39. The zero-order valence-corrected chi connectivity index (χ0v) is 23.7. The number of imidazole rings is 4. The standard InChI is InChI=1S/C36H22N8O/c1-3-11-23(12-4-1)41-33-29(43-27-17-9-7-15-25(27)37-35(41)43)19-21-31(39-33)45-32-22-20-30-34(40-32)42(24-13-5-2-6-14-24)36-38-26-16-8-10-18-28(26)44(30)36/h1-22H. The van der Waals surface area contributed by atoms with Gasteiger partial charge < -0.3 is 4.74 Å². The monoisotopic (exact) mass is 582 g/mol. The lowest BCUT2D eigenvalue weighted by molar-refractivity contribution is 0.447. The summed E-state index contributed by atoms with van der Waals surface area (Å²) >= 11 is 0. The molecule has 6 heterocycles. The summed E-state index contributed by atoms with van der Waals surface area (Å²) in [7, 11) is 0. The highest BCUT2D eigenvalue weighted by atomic mass is 16.5. The van der Waals surface area contributed by atoms with Crippen molar-refractivity contribution < 1.29 is 4.74 Å². The molecular formula is C36H22N8O. The first-order chi connectivity index (χ1) is 22.3. The van der Waals surface area contributed by atoms with Gasteiger partial charge in [0.2, 0.25) is 23.3 Å². The van der Waals surface area contributed by atoms with Crippen molar-refractivity contribution in [2.45, 2.75) is 0 Å². The molecule has 0 bridgehead atoms. The third-order valence-corrected chi connectivity index (χ3v) is 8.29. The molecule has 0 spiro atoms. The van der Waals surface area contributed by atoms with Crippen LogP contribution in [-0.4, -0.2) is 37.9 Å². The van der Waals surface area contributed by atoms with Gasteiger partial charge in [-0.2, -0.15) is 9.97 Å². The molecule has 10 aromatic rings. The zero-order chi connectivity index (χ0) is 29.5. The SMILES string of the molecule is c1ccc(-n2c3nc(Oc4ccc5c(n4)n(-c4ccccc4)c4nc6ccccc6n54)ccc3n3c4ccccc4nc23)cc1. The lowest BCUT2D eigenvalue weighted by Gasteiger charge is -2.08. The number of fused-ring (bicyclic) bond motifs is 10. The van der Waals surface area contributed by atoms with E-state index < -0.39 is 0 Å². The molecular weight excluding hydrogens is 560 g/mol. The van der Waals surface area contributed by atoms with Crippen LogP contribution in [0.1, 0.15) is 0 Å². The Balaban J connectivity index is 1.16. The summed E-state index contributed by atoms with van der Waals surface area (Å²) in [5, 5.41) is 0. The van der Waals surface area contributed by atoms with Crippen molar-refractivity contribution in [1.82, 2.24) is 37.9 Å². The van der Waals surface area contributed by atoms with Gasteiger partial charge in [-0.3, -0.25) is 17.9 Å². The maximum Gasteiger partial charge on any atom is 0.223 e. The molecule has 0 aliphatic carbocycles. The first kappa shape index (κ1) is 24.0. The minimum Gasteiger partial charge on any atom is -0.421 e. The molecule has 9 heteroatoms. The number of pyridine rings is 2. The summed E-state index contributed by atoms with van der Waals surface area (Å²) in [5.41, 5.74) is 9.18. The van der Waals surface area contributed by atoms with E-state index in [-0.39, 0.29) is 0 Å². The third-order valence-electron chi connectivity index (χ3n) is 8.29. The van der Waals surface area contributed by atoms with Crippen molar-refractivity contribution in [1.29, 1.82) is 0 Å². The Bertz CT molecular complexity index is 2550. The Morgan fingerprint density at radius 1 is 0.378 bits per heavy atom. The first-order valence-corrected chi connectivity index (χ1v) is 14.7. The van der Waals surface area contributed by atoms with Gasteiger partial charge in [0.25, 0.3) is 0 Å². The Morgan fingerprint density at radius 2 is 0.800 bits per heavy atom. The molecule has 0 unspecified atom stereocenters. The molecule has 0 radical (unpaired) electrons. The van der Waals surface area contributed by atoms with E-state index in [1.807, 2.05) is 97.1 Å². The fourth-order valence-corrected chi connectivity index (χ4v) is 6.37. The second-order valence-corrected chi connectivity index (χ2v) is 10.9. The number of aromatic nitrogens is 8. The van der Waals surface area contributed by atoms with E-state index in [1.165, 1.54) is 0 Å². The Hall–Kier alpha value is -6.48.